The van der Waals surface area contributed by atoms with E-state index >= 15 is 0 Å². The van der Waals surface area contributed by atoms with Crippen molar-refractivity contribution in [3.05, 3.63) is 58.6 Å². The third-order valence-corrected chi connectivity index (χ3v) is 4.21. The highest BCUT2D eigenvalue weighted by atomic mass is 32.1. The molecule has 0 fully saturated rings. The van der Waals surface area contributed by atoms with Gasteiger partial charge in [-0.2, -0.15) is 4.52 Å². The Morgan fingerprint density at radius 2 is 2.17 bits per heavy atom. The fourth-order valence-corrected chi connectivity index (χ4v) is 3.08. The van der Waals surface area contributed by atoms with Crippen molar-refractivity contribution in [2.45, 2.75) is 13.3 Å². The Labute approximate surface area is 135 Å². The van der Waals surface area contributed by atoms with Gasteiger partial charge in [-0.25, -0.2) is 4.98 Å². The van der Waals surface area contributed by atoms with Gasteiger partial charge >= 0.3 is 0 Å². The monoisotopic (exact) mass is 324 g/mol. The Morgan fingerprint density at radius 3 is 3.04 bits per heavy atom. The van der Waals surface area contributed by atoms with E-state index in [0.29, 0.717) is 22.3 Å². The summed E-state index contributed by atoms with van der Waals surface area (Å²) in [6.07, 6.45) is 2.46. The Morgan fingerprint density at radius 1 is 1.26 bits per heavy atom. The summed E-state index contributed by atoms with van der Waals surface area (Å²) in [5, 5.41) is 5.55. The normalized spacial score (nSPS) is 11.2. The van der Waals surface area contributed by atoms with Crippen molar-refractivity contribution >= 4 is 27.2 Å². The second kappa shape index (κ2) is 5.44. The maximum atomic E-state index is 12.0. The number of hydrogen-bond donors (Lipinski definition) is 0. The quantitative estimate of drug-likeness (QED) is 0.579. The zero-order valence-corrected chi connectivity index (χ0v) is 13.1. The molecule has 0 N–H and O–H groups in total. The fraction of sp³-hybridized carbons (Fsp3) is 0.125. The first-order chi connectivity index (χ1) is 11.2. The molecule has 3 heterocycles. The number of nitrogens with zero attached hydrogens (tertiary/aromatic N) is 4. The van der Waals surface area contributed by atoms with Crippen LogP contribution in [0.2, 0.25) is 0 Å². The lowest BCUT2D eigenvalue weighted by atomic mass is 10.2. The topological polar surface area (TPSA) is 69.4 Å². The molecule has 0 saturated heterocycles. The maximum absolute atomic E-state index is 12.0. The van der Waals surface area contributed by atoms with Crippen molar-refractivity contribution in [1.82, 2.24) is 19.6 Å². The van der Waals surface area contributed by atoms with Gasteiger partial charge in [0.25, 0.3) is 10.8 Å². The molecule has 23 heavy (non-hydrogen) atoms. The van der Waals surface area contributed by atoms with E-state index in [1.54, 1.807) is 6.20 Å². The minimum Gasteiger partial charge on any atom is -0.430 e. The molecule has 0 aliphatic rings. The Balaban J connectivity index is 1.73. The van der Waals surface area contributed by atoms with Gasteiger partial charge in [0.05, 0.1) is 5.52 Å². The molecule has 0 unspecified atom stereocenters. The average molecular weight is 324 g/mol. The van der Waals surface area contributed by atoms with E-state index in [1.165, 1.54) is 21.9 Å². The summed E-state index contributed by atoms with van der Waals surface area (Å²) in [5.41, 5.74) is 1.46. The summed E-state index contributed by atoms with van der Waals surface area (Å²) in [6, 6.07) is 10.9. The molecule has 0 spiro atoms. The van der Waals surface area contributed by atoms with Crippen LogP contribution in [0.4, 0.5) is 0 Å². The summed E-state index contributed by atoms with van der Waals surface area (Å²) in [7, 11) is 0. The highest BCUT2D eigenvalue weighted by molar-refractivity contribution is 7.18. The number of hydrogen-bond acceptors (Lipinski definition) is 6. The molecule has 0 radical (unpaired) electrons. The molecule has 4 aromatic rings. The molecule has 0 aliphatic heterocycles. The first kappa shape index (κ1) is 13.8. The second-order valence-corrected chi connectivity index (χ2v) is 5.88. The number of fused-ring (bicyclic) bond motifs is 2. The van der Waals surface area contributed by atoms with Crippen LogP contribution >= 0.6 is 11.3 Å². The third-order valence-electron chi connectivity index (χ3n) is 3.42. The second-order valence-electron chi connectivity index (χ2n) is 4.96. The molecule has 0 saturated carbocycles. The van der Waals surface area contributed by atoms with Crippen molar-refractivity contribution in [2.75, 3.05) is 0 Å². The summed E-state index contributed by atoms with van der Waals surface area (Å²) in [5.74, 6) is 0.647. The summed E-state index contributed by atoms with van der Waals surface area (Å²) >= 11 is 1.24. The molecule has 114 valence electrons. The van der Waals surface area contributed by atoms with Gasteiger partial charge in [-0.1, -0.05) is 13.0 Å². The van der Waals surface area contributed by atoms with E-state index < -0.39 is 0 Å². The molecule has 6 nitrogen and oxygen atoms in total. The van der Waals surface area contributed by atoms with Crippen LogP contribution in [-0.4, -0.2) is 19.6 Å². The molecule has 3 aromatic heterocycles. The molecule has 0 aliphatic carbocycles. The largest absolute Gasteiger partial charge is 0.430 e. The number of benzene rings is 1. The molecule has 1 aromatic carbocycles. The average Bonchev–Trinajstić information content (AvgIpc) is 2.97. The van der Waals surface area contributed by atoms with Crippen molar-refractivity contribution in [2.24, 2.45) is 0 Å². The van der Waals surface area contributed by atoms with Crippen molar-refractivity contribution in [3.63, 3.8) is 0 Å². The minimum absolute atomic E-state index is 0.194. The molecule has 7 heteroatoms. The van der Waals surface area contributed by atoms with Crippen LogP contribution < -0.4 is 10.3 Å². The highest BCUT2D eigenvalue weighted by Gasteiger charge is 2.10. The standard InChI is InChI=1S/C16H12N4O2S/c1-2-11-9-14(21)20-15(18-11)23-16(19-20)22-12-5-6-13-10(8-12)4-3-7-17-13/h3-9H,2H2,1H3. The van der Waals surface area contributed by atoms with Gasteiger partial charge in [-0.15, -0.1) is 5.10 Å². The van der Waals surface area contributed by atoms with Gasteiger partial charge in [0.15, 0.2) is 0 Å². The van der Waals surface area contributed by atoms with Gasteiger partial charge in [-0.05, 0) is 42.0 Å². The first-order valence-corrected chi connectivity index (χ1v) is 7.97. The number of ether oxygens (including phenoxy) is 1. The van der Waals surface area contributed by atoms with Gasteiger partial charge in [-0.3, -0.25) is 9.78 Å². The predicted octanol–water partition coefficient (Wildman–Crippen LogP) is 3.05. The lowest BCUT2D eigenvalue weighted by Gasteiger charge is -2.02. The third kappa shape index (κ3) is 2.55. The van der Waals surface area contributed by atoms with Crippen molar-refractivity contribution in [3.8, 4) is 10.9 Å². The highest BCUT2D eigenvalue weighted by Crippen LogP contribution is 2.27. The summed E-state index contributed by atoms with van der Waals surface area (Å²) in [6.45, 7) is 1.96. The number of aryl methyl sites for hydroxylation is 1. The molecule has 0 atom stereocenters. The van der Waals surface area contributed by atoms with Crippen LogP contribution in [0.15, 0.2) is 47.4 Å². The minimum atomic E-state index is -0.194. The zero-order valence-electron chi connectivity index (χ0n) is 12.3. The molecular weight excluding hydrogens is 312 g/mol. The van der Waals surface area contributed by atoms with E-state index in [-0.39, 0.29) is 5.56 Å². The Kier molecular flexibility index (Phi) is 3.27. The van der Waals surface area contributed by atoms with Crippen LogP contribution in [-0.2, 0) is 6.42 Å². The van der Waals surface area contributed by atoms with E-state index in [1.807, 2.05) is 37.3 Å². The summed E-state index contributed by atoms with van der Waals surface area (Å²) in [4.78, 5) is 21.2. The maximum Gasteiger partial charge on any atom is 0.299 e. The van der Waals surface area contributed by atoms with Crippen LogP contribution in [0.1, 0.15) is 12.6 Å². The van der Waals surface area contributed by atoms with Crippen LogP contribution in [0, 0.1) is 0 Å². The first-order valence-electron chi connectivity index (χ1n) is 7.15. The number of pyridine rings is 1. The van der Waals surface area contributed by atoms with Gasteiger partial charge in [0, 0.05) is 23.3 Å². The molecule has 0 amide bonds. The van der Waals surface area contributed by atoms with E-state index in [2.05, 4.69) is 15.1 Å². The number of aromatic nitrogens is 4. The lowest BCUT2D eigenvalue weighted by Crippen LogP contribution is -2.14. The molecule has 4 rings (SSSR count). The fourth-order valence-electron chi connectivity index (χ4n) is 2.28. The van der Waals surface area contributed by atoms with Crippen LogP contribution in [0.25, 0.3) is 15.9 Å². The number of rotatable bonds is 3. The van der Waals surface area contributed by atoms with Crippen molar-refractivity contribution in [1.29, 1.82) is 0 Å². The van der Waals surface area contributed by atoms with Crippen LogP contribution in [0.3, 0.4) is 0 Å². The van der Waals surface area contributed by atoms with E-state index in [0.717, 1.165) is 16.6 Å². The van der Waals surface area contributed by atoms with E-state index in [9.17, 15) is 4.79 Å². The van der Waals surface area contributed by atoms with Gasteiger partial charge in [0.2, 0.25) is 4.96 Å². The zero-order chi connectivity index (χ0) is 15.8. The van der Waals surface area contributed by atoms with Gasteiger partial charge in [0.1, 0.15) is 5.75 Å². The summed E-state index contributed by atoms with van der Waals surface area (Å²) < 4.78 is 7.05. The van der Waals surface area contributed by atoms with E-state index in [4.69, 9.17) is 4.74 Å². The van der Waals surface area contributed by atoms with Gasteiger partial charge < -0.3 is 4.74 Å². The Hall–Kier alpha value is -2.80. The SMILES string of the molecule is CCc1cc(=O)n2nc(Oc3ccc4ncccc4c3)sc2n1. The molecular formula is C16H12N4O2S. The smallest absolute Gasteiger partial charge is 0.299 e. The van der Waals surface area contributed by atoms with Crippen LogP contribution in [0.5, 0.6) is 10.9 Å². The molecule has 0 bridgehead atoms. The Bertz CT molecular complexity index is 1070. The predicted molar refractivity (Wildman–Crippen MR) is 88.3 cm³/mol. The lowest BCUT2D eigenvalue weighted by molar-refractivity contribution is 0.470. The van der Waals surface area contributed by atoms with Crippen molar-refractivity contribution < 1.29 is 4.74 Å².